The van der Waals surface area contributed by atoms with E-state index in [1.165, 1.54) is 5.56 Å². The summed E-state index contributed by atoms with van der Waals surface area (Å²) in [6.45, 7) is 4.24. The second kappa shape index (κ2) is 12.1. The molecule has 0 aromatic heterocycles. The summed E-state index contributed by atoms with van der Waals surface area (Å²) < 4.78 is 11.8. The quantitative estimate of drug-likeness (QED) is 0.308. The van der Waals surface area contributed by atoms with Gasteiger partial charge in [0, 0.05) is 63.2 Å². The van der Waals surface area contributed by atoms with E-state index in [0.29, 0.717) is 0 Å². The van der Waals surface area contributed by atoms with Crippen molar-refractivity contribution in [3.05, 3.63) is 65.2 Å². The van der Waals surface area contributed by atoms with Crippen molar-refractivity contribution in [3.63, 3.8) is 0 Å². The van der Waals surface area contributed by atoms with Crippen molar-refractivity contribution in [1.82, 2.24) is 10.2 Å². The van der Waals surface area contributed by atoms with Gasteiger partial charge in [-0.25, -0.2) is 0 Å². The molecule has 0 atom stereocenters. The molecular formula is C25H33ClIN3O2. The average molecular weight is 570 g/mol. The van der Waals surface area contributed by atoms with Gasteiger partial charge >= 0.3 is 0 Å². The third-order valence-corrected chi connectivity index (χ3v) is 6.71. The second-order valence-corrected chi connectivity index (χ2v) is 8.86. The first kappa shape index (κ1) is 25.1. The zero-order valence-corrected chi connectivity index (χ0v) is 21.7. The molecule has 0 unspecified atom stereocenters. The van der Waals surface area contributed by atoms with E-state index < -0.39 is 0 Å². The van der Waals surface area contributed by atoms with Gasteiger partial charge in [0.25, 0.3) is 0 Å². The van der Waals surface area contributed by atoms with E-state index in [4.69, 9.17) is 21.1 Å². The molecule has 0 radical (unpaired) electrons. The van der Waals surface area contributed by atoms with Gasteiger partial charge in [-0.2, -0.15) is 0 Å². The Morgan fingerprint density at radius 3 is 2.50 bits per heavy atom. The molecular weight excluding hydrogens is 537 g/mol. The number of benzene rings is 2. The molecule has 0 bridgehead atoms. The van der Waals surface area contributed by atoms with Crippen molar-refractivity contribution < 1.29 is 9.47 Å². The minimum absolute atomic E-state index is 0. The van der Waals surface area contributed by atoms with E-state index in [1.807, 2.05) is 49.5 Å². The Labute approximate surface area is 213 Å². The fourth-order valence-corrected chi connectivity index (χ4v) is 4.80. The molecule has 2 aliphatic heterocycles. The summed E-state index contributed by atoms with van der Waals surface area (Å²) in [5, 5.41) is 4.45. The summed E-state index contributed by atoms with van der Waals surface area (Å²) >= 11 is 6.31. The van der Waals surface area contributed by atoms with E-state index >= 15 is 0 Å². The van der Waals surface area contributed by atoms with Gasteiger partial charge in [0.2, 0.25) is 0 Å². The van der Waals surface area contributed by atoms with Crippen molar-refractivity contribution >= 4 is 41.5 Å². The smallest absolute Gasteiger partial charge is 0.193 e. The summed E-state index contributed by atoms with van der Waals surface area (Å²) in [5.74, 6) is 1.91. The summed E-state index contributed by atoms with van der Waals surface area (Å²) in [7, 11) is 1.87. The van der Waals surface area contributed by atoms with Gasteiger partial charge in [0.05, 0.1) is 0 Å². The average Bonchev–Trinajstić information content (AvgIpc) is 2.82. The first-order valence-electron chi connectivity index (χ1n) is 11.2. The van der Waals surface area contributed by atoms with Crippen molar-refractivity contribution in [2.75, 3.05) is 39.9 Å². The van der Waals surface area contributed by atoms with Crippen molar-refractivity contribution in [2.45, 2.75) is 37.2 Å². The van der Waals surface area contributed by atoms with Gasteiger partial charge in [0.1, 0.15) is 11.9 Å². The van der Waals surface area contributed by atoms with Crippen LogP contribution in [0.4, 0.5) is 0 Å². The molecule has 5 nitrogen and oxygen atoms in total. The molecule has 0 amide bonds. The monoisotopic (exact) mass is 569 g/mol. The lowest BCUT2D eigenvalue weighted by atomic mass is 9.74. The normalized spacial score (nSPS) is 19.2. The van der Waals surface area contributed by atoms with Crippen LogP contribution in [0.2, 0.25) is 5.02 Å². The zero-order chi connectivity index (χ0) is 21.5. The largest absolute Gasteiger partial charge is 0.490 e. The summed E-state index contributed by atoms with van der Waals surface area (Å²) in [6.07, 6.45) is 4.19. The maximum absolute atomic E-state index is 6.31. The van der Waals surface area contributed by atoms with Gasteiger partial charge in [-0.3, -0.25) is 4.99 Å². The van der Waals surface area contributed by atoms with E-state index in [-0.39, 0.29) is 35.5 Å². The molecule has 32 heavy (non-hydrogen) atoms. The van der Waals surface area contributed by atoms with Crippen LogP contribution in [0.5, 0.6) is 5.75 Å². The molecule has 2 fully saturated rings. The van der Waals surface area contributed by atoms with E-state index in [0.717, 1.165) is 75.3 Å². The molecule has 2 saturated heterocycles. The van der Waals surface area contributed by atoms with Crippen LogP contribution < -0.4 is 10.1 Å². The third-order valence-electron chi connectivity index (χ3n) is 6.47. The van der Waals surface area contributed by atoms with E-state index in [9.17, 15) is 0 Å². The van der Waals surface area contributed by atoms with Crippen LogP contribution >= 0.6 is 35.6 Å². The van der Waals surface area contributed by atoms with Gasteiger partial charge in [0.15, 0.2) is 5.96 Å². The van der Waals surface area contributed by atoms with Crippen LogP contribution in [0.1, 0.15) is 31.2 Å². The Hall–Kier alpha value is -1.51. The molecule has 0 spiro atoms. The maximum Gasteiger partial charge on any atom is 0.193 e. The molecule has 4 rings (SSSR count). The number of para-hydroxylation sites is 1. The Kier molecular flexibility index (Phi) is 9.49. The number of nitrogens with one attached hydrogen (secondary N) is 1. The Morgan fingerprint density at radius 2 is 1.84 bits per heavy atom. The minimum Gasteiger partial charge on any atom is -0.490 e. The topological polar surface area (TPSA) is 46.1 Å². The number of hydrogen-bond acceptors (Lipinski definition) is 3. The van der Waals surface area contributed by atoms with Gasteiger partial charge < -0.3 is 19.7 Å². The molecule has 0 aliphatic carbocycles. The first-order chi connectivity index (χ1) is 15.2. The van der Waals surface area contributed by atoms with Crippen molar-refractivity contribution in [2.24, 2.45) is 4.99 Å². The highest BCUT2D eigenvalue weighted by molar-refractivity contribution is 14.0. The van der Waals surface area contributed by atoms with Crippen LogP contribution in [0, 0.1) is 0 Å². The summed E-state index contributed by atoms with van der Waals surface area (Å²) in [6, 6.07) is 18.4. The van der Waals surface area contributed by atoms with Crippen LogP contribution in [0.15, 0.2) is 59.6 Å². The molecule has 2 aromatic carbocycles. The Morgan fingerprint density at radius 1 is 1.12 bits per heavy atom. The standard InChI is InChI=1S/C25H32ClN3O2.HI/c1-27-24(29-14-10-23(11-15-29)31-22-8-3-2-4-9-22)28-19-25(12-16-30-17-13-25)20-6-5-7-21(26)18-20;/h2-9,18,23H,10-17,19H2,1H3,(H,27,28);1H. The number of hydrogen-bond donors (Lipinski definition) is 1. The van der Waals surface area contributed by atoms with Crippen LogP contribution in [-0.4, -0.2) is 56.9 Å². The number of aliphatic imine (C=N–C) groups is 1. The molecule has 0 saturated carbocycles. The van der Waals surface area contributed by atoms with Crippen molar-refractivity contribution in [1.29, 1.82) is 0 Å². The highest BCUT2D eigenvalue weighted by Crippen LogP contribution is 2.35. The lowest BCUT2D eigenvalue weighted by Crippen LogP contribution is -2.51. The summed E-state index contributed by atoms with van der Waals surface area (Å²) in [5.41, 5.74) is 1.29. The zero-order valence-electron chi connectivity index (χ0n) is 18.6. The molecule has 2 heterocycles. The van der Waals surface area contributed by atoms with Crippen LogP contribution in [0.25, 0.3) is 0 Å². The molecule has 1 N–H and O–H groups in total. The Balaban J connectivity index is 0.00000289. The lowest BCUT2D eigenvalue weighted by molar-refractivity contribution is 0.0509. The number of ether oxygens (including phenoxy) is 2. The minimum atomic E-state index is 0. The number of rotatable bonds is 5. The van der Waals surface area contributed by atoms with E-state index in [2.05, 4.69) is 27.3 Å². The van der Waals surface area contributed by atoms with E-state index in [1.54, 1.807) is 0 Å². The SMILES string of the molecule is CN=C(NCC1(c2cccc(Cl)c2)CCOCC1)N1CCC(Oc2ccccc2)CC1.I. The third kappa shape index (κ3) is 6.29. The molecule has 2 aromatic rings. The first-order valence-corrected chi connectivity index (χ1v) is 11.6. The fraction of sp³-hybridized carbons (Fsp3) is 0.480. The number of likely N-dealkylation sites (tertiary alicyclic amines) is 1. The van der Waals surface area contributed by atoms with Gasteiger partial charge in [-0.1, -0.05) is 41.9 Å². The number of halogens is 2. The Bertz CT molecular complexity index is 867. The van der Waals surface area contributed by atoms with Crippen molar-refractivity contribution in [3.8, 4) is 5.75 Å². The molecule has 174 valence electrons. The highest BCUT2D eigenvalue weighted by Gasteiger charge is 2.35. The fourth-order valence-electron chi connectivity index (χ4n) is 4.61. The van der Waals surface area contributed by atoms with Gasteiger partial charge in [-0.15, -0.1) is 24.0 Å². The maximum atomic E-state index is 6.31. The predicted molar refractivity (Wildman–Crippen MR) is 142 cm³/mol. The highest BCUT2D eigenvalue weighted by atomic mass is 127. The number of piperidine rings is 1. The molecule has 7 heteroatoms. The summed E-state index contributed by atoms with van der Waals surface area (Å²) in [4.78, 5) is 6.92. The predicted octanol–water partition coefficient (Wildman–Crippen LogP) is 5.13. The van der Waals surface area contributed by atoms with Crippen LogP contribution in [0.3, 0.4) is 0 Å². The second-order valence-electron chi connectivity index (χ2n) is 8.42. The lowest BCUT2D eigenvalue weighted by Gasteiger charge is -2.40. The van der Waals surface area contributed by atoms with Gasteiger partial charge in [-0.05, 0) is 42.7 Å². The molecule has 2 aliphatic rings. The van der Waals surface area contributed by atoms with Crippen LogP contribution in [-0.2, 0) is 10.2 Å². The number of guanidine groups is 1. The number of nitrogens with zero attached hydrogens (tertiary/aromatic N) is 2.